The van der Waals surface area contributed by atoms with Crippen LogP contribution >= 0.6 is 0 Å². The summed E-state index contributed by atoms with van der Waals surface area (Å²) in [7, 11) is 4.06. The maximum Gasteiger partial charge on any atom is 0.141 e. The van der Waals surface area contributed by atoms with Crippen molar-refractivity contribution >= 4 is 5.84 Å². The summed E-state index contributed by atoms with van der Waals surface area (Å²) in [5.41, 5.74) is 5.77. The first-order chi connectivity index (χ1) is 7.59. The molecule has 0 spiro atoms. The molecular weight excluding hydrogens is 204 g/mol. The van der Waals surface area contributed by atoms with Gasteiger partial charge < -0.3 is 15.4 Å². The number of hydrogen-bond donors (Lipinski definition) is 2. The van der Waals surface area contributed by atoms with Crippen molar-refractivity contribution in [1.29, 1.82) is 5.41 Å². The van der Waals surface area contributed by atoms with Gasteiger partial charge in [0.1, 0.15) is 17.3 Å². The van der Waals surface area contributed by atoms with Crippen molar-refractivity contribution in [3.63, 3.8) is 0 Å². The number of rotatable bonds is 6. The largest absolute Gasteiger partial charge is 0.492 e. The summed E-state index contributed by atoms with van der Waals surface area (Å²) >= 11 is 0. The van der Waals surface area contributed by atoms with Crippen LogP contribution in [0.15, 0.2) is 18.3 Å². The smallest absolute Gasteiger partial charge is 0.141 e. The summed E-state index contributed by atoms with van der Waals surface area (Å²) in [6.07, 6.45) is 2.56. The fourth-order valence-corrected chi connectivity index (χ4v) is 1.20. The number of nitrogens with two attached hydrogens (primary N) is 1. The number of amidine groups is 1. The SMILES string of the molecule is CN(C)CCCOc1ccc(C(=N)N)nc1. The van der Waals surface area contributed by atoms with Gasteiger partial charge in [0.15, 0.2) is 0 Å². The van der Waals surface area contributed by atoms with E-state index in [1.54, 1.807) is 18.3 Å². The lowest BCUT2D eigenvalue weighted by Crippen LogP contribution is -2.16. The molecule has 0 amide bonds. The van der Waals surface area contributed by atoms with Crippen molar-refractivity contribution in [1.82, 2.24) is 9.88 Å². The van der Waals surface area contributed by atoms with Crippen molar-refractivity contribution in [2.45, 2.75) is 6.42 Å². The highest BCUT2D eigenvalue weighted by molar-refractivity contribution is 5.92. The number of nitrogens with one attached hydrogen (secondary N) is 1. The zero-order chi connectivity index (χ0) is 12.0. The highest BCUT2D eigenvalue weighted by Gasteiger charge is 1.99. The van der Waals surface area contributed by atoms with Crippen LogP contribution in [0.3, 0.4) is 0 Å². The second kappa shape index (κ2) is 6.07. The second-order valence-corrected chi connectivity index (χ2v) is 3.80. The zero-order valence-electron chi connectivity index (χ0n) is 9.73. The van der Waals surface area contributed by atoms with Gasteiger partial charge in [-0.2, -0.15) is 0 Å². The van der Waals surface area contributed by atoms with Crippen molar-refractivity contribution in [3.8, 4) is 5.75 Å². The lowest BCUT2D eigenvalue weighted by molar-refractivity contribution is 0.281. The maximum atomic E-state index is 7.19. The van der Waals surface area contributed by atoms with Crippen LogP contribution in [0.2, 0.25) is 0 Å². The Kier molecular flexibility index (Phi) is 4.72. The molecule has 0 radical (unpaired) electrons. The summed E-state index contributed by atoms with van der Waals surface area (Å²) < 4.78 is 5.49. The predicted octanol–water partition coefficient (Wildman–Crippen LogP) is 0.696. The Hall–Kier alpha value is -1.62. The van der Waals surface area contributed by atoms with E-state index in [2.05, 4.69) is 9.88 Å². The highest BCUT2D eigenvalue weighted by Crippen LogP contribution is 2.08. The standard InChI is InChI=1S/C11H18N4O/c1-15(2)6-3-7-16-9-4-5-10(11(12)13)14-8-9/h4-5,8H,3,6-7H2,1-2H3,(H3,12,13). The number of ether oxygens (including phenoxy) is 1. The van der Waals surface area contributed by atoms with Crippen LogP contribution in [0.4, 0.5) is 0 Å². The van der Waals surface area contributed by atoms with E-state index in [0.717, 1.165) is 13.0 Å². The zero-order valence-corrected chi connectivity index (χ0v) is 9.73. The molecule has 0 bridgehead atoms. The number of hydrogen-bond acceptors (Lipinski definition) is 4. The van der Waals surface area contributed by atoms with Gasteiger partial charge in [-0.25, -0.2) is 4.98 Å². The van der Waals surface area contributed by atoms with Crippen LogP contribution < -0.4 is 10.5 Å². The van der Waals surface area contributed by atoms with Gasteiger partial charge in [-0.3, -0.25) is 5.41 Å². The average Bonchev–Trinajstić information content (AvgIpc) is 2.25. The number of nitrogens with zero attached hydrogens (tertiary/aromatic N) is 2. The molecule has 1 aromatic rings. The van der Waals surface area contributed by atoms with Crippen LogP contribution in [-0.2, 0) is 0 Å². The molecule has 0 fully saturated rings. The molecule has 5 nitrogen and oxygen atoms in total. The van der Waals surface area contributed by atoms with Gasteiger partial charge in [-0.05, 0) is 32.6 Å². The molecule has 1 heterocycles. The van der Waals surface area contributed by atoms with Crippen LogP contribution in [0, 0.1) is 5.41 Å². The molecule has 5 heteroatoms. The Morgan fingerprint density at radius 1 is 1.50 bits per heavy atom. The van der Waals surface area contributed by atoms with Crippen molar-refractivity contribution < 1.29 is 4.74 Å². The first-order valence-electron chi connectivity index (χ1n) is 5.17. The van der Waals surface area contributed by atoms with Crippen molar-refractivity contribution in [2.75, 3.05) is 27.2 Å². The van der Waals surface area contributed by atoms with Gasteiger partial charge in [-0.15, -0.1) is 0 Å². The summed E-state index contributed by atoms with van der Waals surface area (Å²) in [5, 5.41) is 7.19. The lowest BCUT2D eigenvalue weighted by atomic mass is 10.3. The minimum Gasteiger partial charge on any atom is -0.492 e. The molecule has 0 unspecified atom stereocenters. The van der Waals surface area contributed by atoms with Crippen molar-refractivity contribution in [2.24, 2.45) is 5.73 Å². The third-order valence-electron chi connectivity index (χ3n) is 2.03. The van der Waals surface area contributed by atoms with E-state index in [1.807, 2.05) is 14.1 Å². The van der Waals surface area contributed by atoms with Gasteiger partial charge in [0.25, 0.3) is 0 Å². The normalized spacial score (nSPS) is 10.4. The van der Waals surface area contributed by atoms with E-state index in [9.17, 15) is 0 Å². The topological polar surface area (TPSA) is 75.2 Å². The minimum absolute atomic E-state index is 0.0286. The Bertz CT molecular complexity index is 334. The third kappa shape index (κ3) is 4.27. The van der Waals surface area contributed by atoms with E-state index < -0.39 is 0 Å². The summed E-state index contributed by atoms with van der Waals surface area (Å²) in [4.78, 5) is 6.12. The van der Waals surface area contributed by atoms with E-state index in [0.29, 0.717) is 18.1 Å². The number of nitrogen functional groups attached to an aromatic ring is 1. The van der Waals surface area contributed by atoms with Gasteiger partial charge in [0.2, 0.25) is 0 Å². The van der Waals surface area contributed by atoms with Crippen LogP contribution in [0.5, 0.6) is 5.75 Å². The molecule has 0 saturated carbocycles. The van der Waals surface area contributed by atoms with Crippen molar-refractivity contribution in [3.05, 3.63) is 24.0 Å². The Morgan fingerprint density at radius 2 is 2.25 bits per heavy atom. The molecule has 0 saturated heterocycles. The maximum absolute atomic E-state index is 7.19. The number of pyridine rings is 1. The first-order valence-corrected chi connectivity index (χ1v) is 5.17. The second-order valence-electron chi connectivity index (χ2n) is 3.80. The summed E-state index contributed by atoms with van der Waals surface area (Å²) in [6.45, 7) is 1.66. The Morgan fingerprint density at radius 3 is 2.75 bits per heavy atom. The average molecular weight is 222 g/mol. The fraction of sp³-hybridized carbons (Fsp3) is 0.455. The number of aromatic nitrogens is 1. The fourth-order valence-electron chi connectivity index (χ4n) is 1.20. The Balaban J connectivity index is 2.35. The molecule has 0 aliphatic heterocycles. The predicted molar refractivity (Wildman–Crippen MR) is 63.9 cm³/mol. The molecule has 3 N–H and O–H groups in total. The van der Waals surface area contributed by atoms with E-state index in [1.165, 1.54) is 0 Å². The molecule has 88 valence electrons. The van der Waals surface area contributed by atoms with Gasteiger partial charge in [0, 0.05) is 6.54 Å². The van der Waals surface area contributed by atoms with Crippen LogP contribution in [0.1, 0.15) is 12.1 Å². The molecule has 16 heavy (non-hydrogen) atoms. The first kappa shape index (κ1) is 12.4. The molecule has 0 aromatic carbocycles. The highest BCUT2D eigenvalue weighted by atomic mass is 16.5. The summed E-state index contributed by atoms with van der Waals surface area (Å²) in [6, 6.07) is 3.46. The van der Waals surface area contributed by atoms with Gasteiger partial charge >= 0.3 is 0 Å². The van der Waals surface area contributed by atoms with E-state index in [-0.39, 0.29) is 5.84 Å². The minimum atomic E-state index is -0.0286. The van der Waals surface area contributed by atoms with Crippen LogP contribution in [0.25, 0.3) is 0 Å². The van der Waals surface area contributed by atoms with E-state index >= 15 is 0 Å². The molecule has 1 rings (SSSR count). The molecule has 0 atom stereocenters. The molecule has 0 aliphatic rings. The molecular formula is C11H18N4O. The monoisotopic (exact) mass is 222 g/mol. The van der Waals surface area contributed by atoms with Gasteiger partial charge in [-0.1, -0.05) is 0 Å². The third-order valence-corrected chi connectivity index (χ3v) is 2.03. The van der Waals surface area contributed by atoms with Crippen LogP contribution in [-0.4, -0.2) is 43.0 Å². The summed E-state index contributed by atoms with van der Waals surface area (Å²) in [5.74, 6) is 0.683. The lowest BCUT2D eigenvalue weighted by Gasteiger charge is -2.10. The quantitative estimate of drug-likeness (QED) is 0.422. The van der Waals surface area contributed by atoms with Gasteiger partial charge in [0.05, 0.1) is 12.8 Å². The molecule has 0 aliphatic carbocycles. The van der Waals surface area contributed by atoms with E-state index in [4.69, 9.17) is 15.9 Å². The molecule has 1 aromatic heterocycles. The Labute approximate surface area is 95.7 Å².